The van der Waals surface area contributed by atoms with Crippen LogP contribution in [0, 0.1) is 0 Å². The number of H-pyrrole nitrogens is 1. The lowest BCUT2D eigenvalue weighted by atomic mass is 10.2. The molecule has 18 heavy (non-hydrogen) atoms. The van der Waals surface area contributed by atoms with E-state index in [1.54, 1.807) is 18.6 Å². The summed E-state index contributed by atoms with van der Waals surface area (Å²) in [6.45, 7) is 0.549. The van der Waals surface area contributed by atoms with Gasteiger partial charge in [0.1, 0.15) is 5.76 Å². The van der Waals surface area contributed by atoms with Crippen molar-refractivity contribution >= 4 is 5.95 Å². The lowest BCUT2D eigenvalue weighted by Gasteiger charge is -1.98. The Morgan fingerprint density at radius 2 is 2.06 bits per heavy atom. The first-order chi connectivity index (χ1) is 8.92. The molecule has 2 aromatic heterocycles. The third kappa shape index (κ3) is 2.24. The number of oxazole rings is 1. The number of hydrogen-bond acceptors (Lipinski definition) is 4. The fourth-order valence-electron chi connectivity index (χ4n) is 1.64. The van der Waals surface area contributed by atoms with Gasteiger partial charge in [-0.15, -0.1) is 0 Å². The Labute approximate surface area is 104 Å². The first-order valence-corrected chi connectivity index (χ1v) is 5.65. The maximum atomic E-state index is 5.65. The fourth-order valence-corrected chi connectivity index (χ4v) is 1.64. The van der Waals surface area contributed by atoms with Crippen molar-refractivity contribution in [2.75, 3.05) is 5.32 Å². The Morgan fingerprint density at radius 1 is 1.17 bits per heavy atom. The van der Waals surface area contributed by atoms with E-state index >= 15 is 0 Å². The molecule has 0 atom stereocenters. The Hall–Kier alpha value is -2.56. The summed E-state index contributed by atoms with van der Waals surface area (Å²) in [6, 6.07) is 9.82. The monoisotopic (exact) mass is 240 g/mol. The molecule has 0 spiro atoms. The highest BCUT2D eigenvalue weighted by molar-refractivity contribution is 5.52. The molecule has 0 bridgehead atoms. The Kier molecular flexibility index (Phi) is 2.79. The first-order valence-electron chi connectivity index (χ1n) is 5.65. The number of benzene rings is 1. The molecule has 0 saturated heterocycles. The number of aromatic nitrogens is 3. The van der Waals surface area contributed by atoms with Crippen molar-refractivity contribution in [2.45, 2.75) is 6.54 Å². The molecule has 3 rings (SSSR count). The molecule has 0 fully saturated rings. The largest absolute Gasteiger partial charge is 0.439 e. The standard InChI is InChI=1S/C13H12N4O/c1-2-4-10(5-3-1)12-16-8-11(18-12)9-17-13-14-6-7-15-13/h1-8H,9H2,(H2,14,15,17). The summed E-state index contributed by atoms with van der Waals surface area (Å²) in [5, 5.41) is 3.11. The zero-order valence-corrected chi connectivity index (χ0v) is 9.63. The third-order valence-corrected chi connectivity index (χ3v) is 2.50. The van der Waals surface area contributed by atoms with E-state index in [1.165, 1.54) is 0 Å². The van der Waals surface area contributed by atoms with Gasteiger partial charge in [0.15, 0.2) is 5.95 Å². The topological polar surface area (TPSA) is 66.7 Å². The lowest BCUT2D eigenvalue weighted by molar-refractivity contribution is 0.526. The van der Waals surface area contributed by atoms with E-state index in [-0.39, 0.29) is 0 Å². The zero-order chi connectivity index (χ0) is 12.2. The number of anilines is 1. The molecule has 0 radical (unpaired) electrons. The molecule has 0 aliphatic heterocycles. The molecule has 5 nitrogen and oxygen atoms in total. The minimum Gasteiger partial charge on any atom is -0.439 e. The molecule has 5 heteroatoms. The van der Waals surface area contributed by atoms with Crippen molar-refractivity contribution < 1.29 is 4.42 Å². The van der Waals surface area contributed by atoms with Crippen LogP contribution in [0.1, 0.15) is 5.76 Å². The molecule has 3 aromatic rings. The fraction of sp³-hybridized carbons (Fsp3) is 0.0769. The van der Waals surface area contributed by atoms with Crippen LogP contribution in [0.15, 0.2) is 53.3 Å². The molecule has 2 heterocycles. The van der Waals surface area contributed by atoms with Gasteiger partial charge < -0.3 is 14.7 Å². The van der Waals surface area contributed by atoms with Gasteiger partial charge in [0.25, 0.3) is 0 Å². The minimum atomic E-state index is 0.549. The van der Waals surface area contributed by atoms with Gasteiger partial charge in [-0.05, 0) is 12.1 Å². The number of aromatic amines is 1. The Morgan fingerprint density at radius 3 is 2.83 bits per heavy atom. The first kappa shape index (κ1) is 10.6. The van der Waals surface area contributed by atoms with E-state index in [1.807, 2.05) is 30.3 Å². The van der Waals surface area contributed by atoms with Gasteiger partial charge in [0.2, 0.25) is 5.89 Å². The van der Waals surface area contributed by atoms with Gasteiger partial charge >= 0.3 is 0 Å². The predicted octanol–water partition coefficient (Wildman–Crippen LogP) is 2.68. The summed E-state index contributed by atoms with van der Waals surface area (Å²) in [7, 11) is 0. The predicted molar refractivity (Wildman–Crippen MR) is 67.9 cm³/mol. The van der Waals surface area contributed by atoms with Crippen LogP contribution in [-0.2, 0) is 6.54 Å². The smallest absolute Gasteiger partial charge is 0.226 e. The van der Waals surface area contributed by atoms with E-state index in [2.05, 4.69) is 20.3 Å². The number of imidazole rings is 1. The van der Waals surface area contributed by atoms with Crippen molar-refractivity contribution in [3.05, 3.63) is 54.7 Å². The maximum absolute atomic E-state index is 5.65. The average molecular weight is 240 g/mol. The van der Waals surface area contributed by atoms with E-state index in [4.69, 9.17) is 4.42 Å². The second kappa shape index (κ2) is 4.75. The number of nitrogens with zero attached hydrogens (tertiary/aromatic N) is 2. The highest BCUT2D eigenvalue weighted by Crippen LogP contribution is 2.18. The van der Waals surface area contributed by atoms with Gasteiger partial charge in [-0.2, -0.15) is 0 Å². The van der Waals surface area contributed by atoms with Crippen LogP contribution >= 0.6 is 0 Å². The summed E-state index contributed by atoms with van der Waals surface area (Å²) < 4.78 is 5.65. The maximum Gasteiger partial charge on any atom is 0.226 e. The van der Waals surface area contributed by atoms with Gasteiger partial charge in [-0.25, -0.2) is 9.97 Å². The van der Waals surface area contributed by atoms with Crippen LogP contribution in [-0.4, -0.2) is 15.0 Å². The van der Waals surface area contributed by atoms with Crippen LogP contribution in [0.25, 0.3) is 11.5 Å². The summed E-state index contributed by atoms with van der Waals surface area (Å²) in [5.41, 5.74) is 0.974. The molecule has 0 unspecified atom stereocenters. The highest BCUT2D eigenvalue weighted by Gasteiger charge is 2.06. The van der Waals surface area contributed by atoms with Crippen LogP contribution in [0.3, 0.4) is 0 Å². The summed E-state index contributed by atoms with van der Waals surface area (Å²) >= 11 is 0. The highest BCUT2D eigenvalue weighted by atomic mass is 16.4. The quantitative estimate of drug-likeness (QED) is 0.735. The van der Waals surface area contributed by atoms with Crippen LogP contribution in [0.2, 0.25) is 0 Å². The second-order valence-electron chi connectivity index (χ2n) is 3.79. The minimum absolute atomic E-state index is 0.549. The van der Waals surface area contributed by atoms with Crippen molar-refractivity contribution in [2.24, 2.45) is 0 Å². The van der Waals surface area contributed by atoms with Crippen LogP contribution in [0.5, 0.6) is 0 Å². The number of nitrogens with one attached hydrogen (secondary N) is 2. The van der Waals surface area contributed by atoms with Crippen LogP contribution < -0.4 is 5.32 Å². The summed E-state index contributed by atoms with van der Waals surface area (Å²) in [6.07, 6.45) is 5.18. The molecule has 0 saturated carbocycles. The lowest BCUT2D eigenvalue weighted by Crippen LogP contribution is -1.99. The third-order valence-electron chi connectivity index (χ3n) is 2.50. The van der Waals surface area contributed by atoms with Gasteiger partial charge in [-0.1, -0.05) is 18.2 Å². The number of hydrogen-bond donors (Lipinski definition) is 2. The molecular weight excluding hydrogens is 228 g/mol. The molecule has 90 valence electrons. The normalized spacial score (nSPS) is 10.4. The van der Waals surface area contributed by atoms with Crippen molar-refractivity contribution in [3.63, 3.8) is 0 Å². The van der Waals surface area contributed by atoms with E-state index in [9.17, 15) is 0 Å². The van der Waals surface area contributed by atoms with Gasteiger partial charge in [0.05, 0.1) is 12.7 Å². The SMILES string of the molecule is c1ccc(-c2ncc(CNc3ncc[nH]3)o2)cc1. The Bertz CT molecular complexity index is 601. The average Bonchev–Trinajstić information content (AvgIpc) is 3.09. The molecule has 0 aliphatic carbocycles. The molecular formula is C13H12N4O. The number of rotatable bonds is 4. The summed E-state index contributed by atoms with van der Waals surface area (Å²) in [5.74, 6) is 2.12. The van der Waals surface area contributed by atoms with Crippen molar-refractivity contribution in [3.8, 4) is 11.5 Å². The van der Waals surface area contributed by atoms with E-state index < -0.39 is 0 Å². The molecule has 1 aromatic carbocycles. The van der Waals surface area contributed by atoms with Gasteiger partial charge in [-0.3, -0.25) is 0 Å². The zero-order valence-electron chi connectivity index (χ0n) is 9.63. The molecule has 0 amide bonds. The Balaban J connectivity index is 1.70. The molecule has 0 aliphatic rings. The second-order valence-corrected chi connectivity index (χ2v) is 3.79. The van der Waals surface area contributed by atoms with Gasteiger partial charge in [0, 0.05) is 18.0 Å². The van der Waals surface area contributed by atoms with E-state index in [0.717, 1.165) is 11.3 Å². The van der Waals surface area contributed by atoms with Crippen LogP contribution in [0.4, 0.5) is 5.95 Å². The molecule has 2 N–H and O–H groups in total. The van der Waals surface area contributed by atoms with Crippen molar-refractivity contribution in [1.82, 2.24) is 15.0 Å². The van der Waals surface area contributed by atoms with Crippen molar-refractivity contribution in [1.29, 1.82) is 0 Å². The summed E-state index contributed by atoms with van der Waals surface area (Å²) in [4.78, 5) is 11.3. The van der Waals surface area contributed by atoms with E-state index in [0.29, 0.717) is 18.4 Å².